The largest absolute Gasteiger partial charge is 0.312 e. The Labute approximate surface area is 171 Å². The van der Waals surface area contributed by atoms with Crippen molar-refractivity contribution in [2.24, 2.45) is 0 Å². The summed E-state index contributed by atoms with van der Waals surface area (Å²) in [6.07, 6.45) is 1.37. The molecule has 1 saturated heterocycles. The molecule has 1 fully saturated rings. The number of sulfonamides is 1. The summed E-state index contributed by atoms with van der Waals surface area (Å²) < 4.78 is 29.0. The molecular formula is C23H22N2O3S. The molecule has 3 aromatic rings. The van der Waals surface area contributed by atoms with E-state index in [1.54, 1.807) is 29.2 Å². The highest BCUT2D eigenvalue weighted by atomic mass is 32.2. The second kappa shape index (κ2) is 8.19. The molecule has 148 valence electrons. The highest BCUT2D eigenvalue weighted by molar-refractivity contribution is 7.89. The van der Waals surface area contributed by atoms with Crippen LogP contribution >= 0.6 is 0 Å². The van der Waals surface area contributed by atoms with Crippen LogP contribution in [-0.2, 0) is 14.8 Å². The Bertz CT molecular complexity index is 1040. The number of carbonyl (C=O) groups is 1. The van der Waals surface area contributed by atoms with Crippen molar-refractivity contribution in [1.29, 1.82) is 0 Å². The fraction of sp³-hybridized carbons (Fsp3) is 0.174. The third-order valence-corrected chi connectivity index (χ3v) is 6.51. The first kappa shape index (κ1) is 19.4. The van der Waals surface area contributed by atoms with E-state index >= 15 is 0 Å². The van der Waals surface area contributed by atoms with E-state index in [0.29, 0.717) is 13.0 Å². The van der Waals surface area contributed by atoms with Gasteiger partial charge in [-0.25, -0.2) is 8.42 Å². The van der Waals surface area contributed by atoms with Gasteiger partial charge in [-0.15, -0.1) is 0 Å². The van der Waals surface area contributed by atoms with E-state index < -0.39 is 16.1 Å². The molecule has 3 aromatic carbocycles. The van der Waals surface area contributed by atoms with Crippen LogP contribution in [0.15, 0.2) is 89.8 Å². The molecule has 0 aliphatic carbocycles. The van der Waals surface area contributed by atoms with Crippen LogP contribution in [0.2, 0.25) is 0 Å². The molecule has 1 heterocycles. The molecule has 0 spiro atoms. The third-order valence-electron chi connectivity index (χ3n) is 5.07. The van der Waals surface area contributed by atoms with E-state index in [1.807, 2.05) is 60.7 Å². The minimum Gasteiger partial charge on any atom is -0.312 e. The summed E-state index contributed by atoms with van der Waals surface area (Å²) in [7, 11) is -3.76. The molecule has 1 N–H and O–H groups in total. The Morgan fingerprint density at radius 1 is 0.793 bits per heavy atom. The van der Waals surface area contributed by atoms with Gasteiger partial charge in [-0.3, -0.25) is 4.79 Å². The smallest absolute Gasteiger partial charge is 0.241 e. The van der Waals surface area contributed by atoms with E-state index in [-0.39, 0.29) is 10.8 Å². The maximum absolute atomic E-state index is 13.1. The molecule has 5 nitrogen and oxygen atoms in total. The molecule has 1 amide bonds. The second-order valence-corrected chi connectivity index (χ2v) is 8.73. The average molecular weight is 407 g/mol. The number of hydrogen-bond donors (Lipinski definition) is 1. The Morgan fingerprint density at radius 3 is 1.83 bits per heavy atom. The summed E-state index contributed by atoms with van der Waals surface area (Å²) in [4.78, 5) is 13.8. The molecule has 29 heavy (non-hydrogen) atoms. The first-order chi connectivity index (χ1) is 14.0. The third kappa shape index (κ3) is 4.23. The average Bonchev–Trinajstić information content (AvgIpc) is 3.19. The Hall–Kier alpha value is -2.96. The highest BCUT2D eigenvalue weighted by Crippen LogP contribution is 2.26. The number of carbonyl (C=O) groups excluding carboxylic acids is 1. The zero-order chi connectivity index (χ0) is 20.3. The lowest BCUT2D eigenvalue weighted by molar-refractivity contribution is -0.117. The van der Waals surface area contributed by atoms with Crippen LogP contribution in [-0.4, -0.2) is 20.9 Å². The lowest BCUT2D eigenvalue weighted by Gasteiger charge is -2.20. The summed E-state index contributed by atoms with van der Waals surface area (Å²) >= 11 is 0. The van der Waals surface area contributed by atoms with Gasteiger partial charge in [-0.2, -0.15) is 4.72 Å². The molecule has 1 aliphatic rings. The molecule has 0 radical (unpaired) electrons. The van der Waals surface area contributed by atoms with Crippen molar-refractivity contribution in [3.8, 4) is 0 Å². The fourth-order valence-corrected chi connectivity index (χ4v) is 4.78. The van der Waals surface area contributed by atoms with E-state index in [4.69, 9.17) is 0 Å². The minimum absolute atomic E-state index is 0.0759. The van der Waals surface area contributed by atoms with Crippen LogP contribution in [0.3, 0.4) is 0 Å². The van der Waals surface area contributed by atoms with Gasteiger partial charge in [-0.1, -0.05) is 60.7 Å². The molecule has 0 aromatic heterocycles. The van der Waals surface area contributed by atoms with Gasteiger partial charge in [0, 0.05) is 18.7 Å². The highest BCUT2D eigenvalue weighted by Gasteiger charge is 2.25. The molecular weight excluding hydrogens is 384 g/mol. The van der Waals surface area contributed by atoms with Crippen molar-refractivity contribution >= 4 is 21.6 Å². The van der Waals surface area contributed by atoms with E-state index in [9.17, 15) is 13.2 Å². The number of rotatable bonds is 6. The second-order valence-electron chi connectivity index (χ2n) is 7.02. The van der Waals surface area contributed by atoms with Gasteiger partial charge in [0.15, 0.2) is 0 Å². The van der Waals surface area contributed by atoms with Crippen molar-refractivity contribution in [3.05, 3.63) is 96.1 Å². The van der Waals surface area contributed by atoms with Gasteiger partial charge in [-0.05, 0) is 41.8 Å². The van der Waals surface area contributed by atoms with Gasteiger partial charge >= 0.3 is 0 Å². The molecule has 0 atom stereocenters. The summed E-state index contributed by atoms with van der Waals surface area (Å²) in [5.74, 6) is 0.0759. The quantitative estimate of drug-likeness (QED) is 0.676. The molecule has 6 heteroatoms. The SMILES string of the molecule is O=C1CCCN1c1ccc(S(=O)(=O)NC(c2ccccc2)c2ccccc2)cc1. The van der Waals surface area contributed by atoms with Gasteiger partial charge in [0.05, 0.1) is 10.9 Å². The van der Waals surface area contributed by atoms with Crippen molar-refractivity contribution in [3.63, 3.8) is 0 Å². The number of amides is 1. The molecule has 0 saturated carbocycles. The van der Waals surface area contributed by atoms with Crippen molar-refractivity contribution in [1.82, 2.24) is 4.72 Å². The van der Waals surface area contributed by atoms with Gasteiger partial charge in [0.2, 0.25) is 15.9 Å². The summed E-state index contributed by atoms with van der Waals surface area (Å²) in [6.45, 7) is 0.674. The predicted octanol–water partition coefficient (Wildman–Crippen LogP) is 3.88. The predicted molar refractivity (Wildman–Crippen MR) is 113 cm³/mol. The fourth-order valence-electron chi connectivity index (χ4n) is 3.57. The number of hydrogen-bond acceptors (Lipinski definition) is 3. The Kier molecular flexibility index (Phi) is 5.47. The Balaban J connectivity index is 1.62. The summed E-state index contributed by atoms with van der Waals surface area (Å²) in [5.41, 5.74) is 2.46. The van der Waals surface area contributed by atoms with Crippen LogP contribution in [0, 0.1) is 0 Å². The van der Waals surface area contributed by atoms with Crippen molar-refractivity contribution in [2.75, 3.05) is 11.4 Å². The van der Waals surface area contributed by atoms with Gasteiger partial charge in [0.25, 0.3) is 0 Å². The van der Waals surface area contributed by atoms with Gasteiger partial charge < -0.3 is 4.90 Å². The molecule has 4 rings (SSSR count). The molecule has 0 bridgehead atoms. The number of anilines is 1. The van der Waals surface area contributed by atoms with E-state index in [2.05, 4.69) is 4.72 Å². The van der Waals surface area contributed by atoms with Crippen LogP contribution in [0.25, 0.3) is 0 Å². The van der Waals surface area contributed by atoms with Crippen LogP contribution in [0.1, 0.15) is 30.0 Å². The first-order valence-electron chi connectivity index (χ1n) is 9.57. The summed E-state index contributed by atoms with van der Waals surface area (Å²) in [5, 5.41) is 0. The number of nitrogens with one attached hydrogen (secondary N) is 1. The van der Waals surface area contributed by atoms with E-state index in [1.165, 1.54) is 0 Å². The summed E-state index contributed by atoms with van der Waals surface area (Å²) in [6, 6.07) is 25.0. The Morgan fingerprint density at radius 2 is 1.34 bits per heavy atom. The standard InChI is InChI=1S/C23H22N2O3S/c26-22-12-7-17-25(22)20-13-15-21(16-14-20)29(27,28)24-23(18-8-3-1-4-9-18)19-10-5-2-6-11-19/h1-6,8-11,13-16,23-24H,7,12,17H2. The minimum atomic E-state index is -3.76. The zero-order valence-electron chi connectivity index (χ0n) is 15.9. The topological polar surface area (TPSA) is 66.5 Å². The lowest BCUT2D eigenvalue weighted by Crippen LogP contribution is -2.29. The zero-order valence-corrected chi connectivity index (χ0v) is 16.7. The van der Waals surface area contributed by atoms with Crippen LogP contribution in [0.4, 0.5) is 5.69 Å². The van der Waals surface area contributed by atoms with Crippen LogP contribution < -0.4 is 9.62 Å². The van der Waals surface area contributed by atoms with Crippen LogP contribution in [0.5, 0.6) is 0 Å². The number of benzene rings is 3. The normalized spacial score (nSPS) is 14.5. The first-order valence-corrected chi connectivity index (χ1v) is 11.1. The maximum atomic E-state index is 13.1. The number of nitrogens with zero attached hydrogens (tertiary/aromatic N) is 1. The molecule has 0 unspecified atom stereocenters. The molecule has 1 aliphatic heterocycles. The van der Waals surface area contributed by atoms with Gasteiger partial charge in [0.1, 0.15) is 0 Å². The van der Waals surface area contributed by atoms with E-state index in [0.717, 1.165) is 23.2 Å². The monoisotopic (exact) mass is 406 g/mol. The van der Waals surface area contributed by atoms with Crippen molar-refractivity contribution in [2.45, 2.75) is 23.8 Å². The maximum Gasteiger partial charge on any atom is 0.241 e. The van der Waals surface area contributed by atoms with Crippen molar-refractivity contribution < 1.29 is 13.2 Å². The lowest BCUT2D eigenvalue weighted by atomic mass is 10.00.